The lowest BCUT2D eigenvalue weighted by molar-refractivity contribution is -0.140. The summed E-state index contributed by atoms with van der Waals surface area (Å²) in [5.41, 5.74) is 0. The second kappa shape index (κ2) is 4.48. The fourth-order valence-corrected chi connectivity index (χ4v) is 0.558. The smallest absolute Gasteiger partial charge is 0.322 e. The fourth-order valence-electron chi connectivity index (χ4n) is 0.558. The molecule has 0 fully saturated rings. The Morgan fingerprint density at radius 3 is 2.45 bits per heavy atom. The Bertz CT molecular complexity index is 181. The lowest BCUT2D eigenvalue weighted by atomic mass is 9.94. The molecule has 0 aromatic rings. The zero-order chi connectivity index (χ0) is 8.85. The van der Waals surface area contributed by atoms with Crippen molar-refractivity contribution < 1.29 is 19.5 Å². The Labute approximate surface area is 64.2 Å². The molecule has 1 N–H and O–H groups in total. The van der Waals surface area contributed by atoms with Gasteiger partial charge in [-0.3, -0.25) is 9.59 Å². The molecule has 0 atom stereocenters. The summed E-state index contributed by atoms with van der Waals surface area (Å²) in [5, 5.41) is 8.25. The third-order valence-electron chi connectivity index (χ3n) is 1.07. The van der Waals surface area contributed by atoms with Crippen LogP contribution in [0, 0.1) is 0 Å². The summed E-state index contributed by atoms with van der Waals surface area (Å²) in [5.74, 6) is -1.54. The van der Waals surface area contributed by atoms with Gasteiger partial charge in [0, 0.05) is 6.92 Å². The van der Waals surface area contributed by atoms with Gasteiger partial charge in [-0.2, -0.15) is 0 Å². The average molecular weight is 157 g/mol. The number of aliphatic carboxylic acids is 1. The quantitative estimate of drug-likeness (QED) is 0.396. The van der Waals surface area contributed by atoms with Crippen LogP contribution in [-0.4, -0.2) is 41.9 Å². The van der Waals surface area contributed by atoms with Gasteiger partial charge in [-0.25, -0.2) is 0 Å². The molecule has 6 heteroatoms. The summed E-state index contributed by atoms with van der Waals surface area (Å²) in [4.78, 5) is 31.5. The molecule has 0 aromatic carbocycles. The average Bonchev–Trinajstić information content (AvgIpc) is 1.86. The maximum atomic E-state index is 10.6. The van der Waals surface area contributed by atoms with Gasteiger partial charge in [0.2, 0.25) is 5.91 Å². The lowest BCUT2D eigenvalue weighted by Gasteiger charge is -2.13. The van der Waals surface area contributed by atoms with Crippen LogP contribution < -0.4 is 0 Å². The maximum Gasteiger partial charge on any atom is 0.322 e. The Balaban J connectivity index is 3.99. The van der Waals surface area contributed by atoms with Crippen LogP contribution in [0.25, 0.3) is 0 Å². The summed E-state index contributed by atoms with van der Waals surface area (Å²) >= 11 is 0. The van der Waals surface area contributed by atoms with Crippen LogP contribution >= 0.6 is 0 Å². The maximum absolute atomic E-state index is 10.6. The van der Waals surface area contributed by atoms with Gasteiger partial charge in [0.15, 0.2) is 0 Å². The van der Waals surface area contributed by atoms with Crippen LogP contribution in [-0.2, 0) is 14.4 Å². The Morgan fingerprint density at radius 1 is 1.64 bits per heavy atom. The molecule has 0 aliphatic rings. The monoisotopic (exact) mass is 157 g/mol. The van der Waals surface area contributed by atoms with E-state index in [2.05, 4.69) is 0 Å². The van der Waals surface area contributed by atoms with Crippen LogP contribution in [0.1, 0.15) is 6.92 Å². The highest BCUT2D eigenvalue weighted by molar-refractivity contribution is 6.66. The number of carboxylic acids is 1. The number of amides is 1. The predicted molar refractivity (Wildman–Crippen MR) is 38.9 cm³/mol. The van der Waals surface area contributed by atoms with Crippen molar-refractivity contribution in [2.45, 2.75) is 6.92 Å². The number of carbonyl (C=O) groups excluding carboxylic acids is 2. The van der Waals surface area contributed by atoms with Gasteiger partial charge in [-0.1, -0.05) is 0 Å². The van der Waals surface area contributed by atoms with Gasteiger partial charge in [0.1, 0.15) is 12.7 Å². The first-order chi connectivity index (χ1) is 5.07. The van der Waals surface area contributed by atoms with Gasteiger partial charge in [-0.05, 0) is 0 Å². The zero-order valence-corrected chi connectivity index (χ0v) is 6.11. The summed E-state index contributed by atoms with van der Waals surface area (Å²) in [6.07, 6.45) is 0.490. The highest BCUT2D eigenvalue weighted by atomic mass is 16.4. The van der Waals surface area contributed by atoms with Crippen LogP contribution in [0.15, 0.2) is 0 Å². The van der Waals surface area contributed by atoms with Gasteiger partial charge in [-0.15, -0.1) is 0 Å². The number of nitrogens with zero attached hydrogens (tertiary/aromatic N) is 1. The Hall–Kier alpha value is -1.33. The first-order valence-electron chi connectivity index (χ1n) is 2.99. The van der Waals surface area contributed by atoms with E-state index in [1.165, 1.54) is 6.92 Å². The molecule has 0 saturated carbocycles. The van der Waals surface area contributed by atoms with Crippen molar-refractivity contribution in [1.82, 2.24) is 4.81 Å². The van der Waals surface area contributed by atoms with E-state index in [4.69, 9.17) is 5.11 Å². The number of hydrogen-bond acceptors (Lipinski definition) is 3. The van der Waals surface area contributed by atoms with Gasteiger partial charge < -0.3 is 14.7 Å². The number of rotatable bonds is 4. The standard InChI is InChI=1S/C5H8BNO4/c1-4(9)7(6-3-8)2-5(10)11/h3,6H,2H2,1H3,(H,10,11). The highest BCUT2D eigenvalue weighted by Gasteiger charge is 2.12. The largest absolute Gasteiger partial charge is 0.480 e. The van der Waals surface area contributed by atoms with Crippen LogP contribution in [0.4, 0.5) is 0 Å². The zero-order valence-electron chi connectivity index (χ0n) is 6.11. The van der Waals surface area contributed by atoms with E-state index in [1.54, 1.807) is 0 Å². The predicted octanol–water partition coefficient (Wildman–Crippen LogP) is -1.54. The summed E-state index contributed by atoms with van der Waals surface area (Å²) in [6.45, 7) is 0.792. The van der Waals surface area contributed by atoms with E-state index in [9.17, 15) is 14.4 Å². The lowest BCUT2D eigenvalue weighted by Crippen LogP contribution is -2.37. The SMILES string of the molecule is CC(=O)N(BC=O)CC(=O)O. The molecule has 60 valence electrons. The minimum atomic E-state index is -1.12. The molecular formula is C5H8BNO4. The molecule has 11 heavy (non-hydrogen) atoms. The number of carbonyl (C=O) groups is 3. The van der Waals surface area contributed by atoms with E-state index in [0.29, 0.717) is 6.19 Å². The van der Waals surface area contributed by atoms with Crippen molar-refractivity contribution in [3.8, 4) is 0 Å². The molecule has 0 aliphatic carbocycles. The van der Waals surface area contributed by atoms with E-state index in [1.807, 2.05) is 0 Å². The molecule has 5 nitrogen and oxygen atoms in total. The Kier molecular flexibility index (Phi) is 3.94. The van der Waals surface area contributed by atoms with Gasteiger partial charge >= 0.3 is 13.4 Å². The summed E-state index contributed by atoms with van der Waals surface area (Å²) < 4.78 is 0. The second-order valence-electron chi connectivity index (χ2n) is 1.96. The first-order valence-corrected chi connectivity index (χ1v) is 2.99. The van der Waals surface area contributed by atoms with Crippen LogP contribution in [0.3, 0.4) is 0 Å². The summed E-state index contributed by atoms with van der Waals surface area (Å²) in [7, 11) is -0.165. The molecular weight excluding hydrogens is 149 g/mol. The van der Waals surface area contributed by atoms with E-state index < -0.39 is 18.4 Å². The fraction of sp³-hybridized carbons (Fsp3) is 0.400. The normalized spacial score (nSPS) is 8.45. The molecule has 0 saturated heterocycles. The molecule has 0 aliphatic heterocycles. The molecule has 0 bridgehead atoms. The van der Waals surface area contributed by atoms with Crippen LogP contribution in [0.2, 0.25) is 0 Å². The topological polar surface area (TPSA) is 74.7 Å². The van der Waals surface area contributed by atoms with Crippen molar-refractivity contribution in [3.05, 3.63) is 0 Å². The van der Waals surface area contributed by atoms with Gasteiger partial charge in [0.25, 0.3) is 0 Å². The van der Waals surface area contributed by atoms with Crippen molar-refractivity contribution in [2.24, 2.45) is 0 Å². The minimum Gasteiger partial charge on any atom is -0.480 e. The Morgan fingerprint density at radius 2 is 2.18 bits per heavy atom. The highest BCUT2D eigenvalue weighted by Crippen LogP contribution is 1.84. The van der Waals surface area contributed by atoms with E-state index >= 15 is 0 Å². The number of hydrogen-bond donors (Lipinski definition) is 1. The molecule has 0 unspecified atom stereocenters. The van der Waals surface area contributed by atoms with E-state index in [0.717, 1.165) is 4.81 Å². The molecule has 0 spiro atoms. The van der Waals surface area contributed by atoms with Crippen molar-refractivity contribution >= 4 is 25.5 Å². The van der Waals surface area contributed by atoms with Gasteiger partial charge in [0.05, 0.1) is 0 Å². The van der Waals surface area contributed by atoms with Crippen molar-refractivity contribution in [3.63, 3.8) is 0 Å². The molecule has 0 radical (unpaired) electrons. The second-order valence-corrected chi connectivity index (χ2v) is 1.96. The van der Waals surface area contributed by atoms with Crippen LogP contribution in [0.5, 0.6) is 0 Å². The van der Waals surface area contributed by atoms with Crippen molar-refractivity contribution in [2.75, 3.05) is 6.54 Å². The summed E-state index contributed by atoms with van der Waals surface area (Å²) in [6, 6.07) is 0. The molecule has 1 amide bonds. The first kappa shape index (κ1) is 9.67. The van der Waals surface area contributed by atoms with Crippen molar-refractivity contribution in [1.29, 1.82) is 0 Å². The minimum absolute atomic E-state index is 0.165. The third kappa shape index (κ3) is 4.13. The third-order valence-corrected chi connectivity index (χ3v) is 1.07. The number of carboxylic acid groups (broad SMARTS) is 1. The molecule has 0 heterocycles. The van der Waals surface area contributed by atoms with E-state index in [-0.39, 0.29) is 7.41 Å². The molecule has 0 rings (SSSR count). The molecule has 0 aromatic heterocycles.